The molecule has 1 aliphatic rings. The van der Waals surface area contributed by atoms with Crippen LogP contribution < -0.4 is 0 Å². The minimum absolute atomic E-state index is 0.267. The molecular weight excluding hydrogens is 370 g/mol. The van der Waals surface area contributed by atoms with Crippen molar-refractivity contribution >= 4 is 22.2 Å². The number of hydrogen-bond donors (Lipinski definition) is 0. The van der Waals surface area contributed by atoms with Crippen molar-refractivity contribution in [1.29, 1.82) is 0 Å². The van der Waals surface area contributed by atoms with Gasteiger partial charge in [-0.1, -0.05) is 24.3 Å². The van der Waals surface area contributed by atoms with Crippen molar-refractivity contribution in [3.8, 4) is 10.8 Å². The number of aryl methyl sites for hydroxylation is 1. The Morgan fingerprint density at radius 3 is 3.00 bits per heavy atom. The van der Waals surface area contributed by atoms with Gasteiger partial charge in [-0.3, -0.25) is 9.88 Å². The first-order valence-corrected chi connectivity index (χ1v) is 10.4. The Morgan fingerprint density at radius 2 is 2.11 bits per heavy atom. The molecule has 1 aliphatic heterocycles. The summed E-state index contributed by atoms with van der Waals surface area (Å²) in [5, 5.41) is 9.78. The fourth-order valence-electron chi connectivity index (χ4n) is 3.82. The number of aromatic nitrogens is 4. The van der Waals surface area contributed by atoms with Crippen LogP contribution in [-0.4, -0.2) is 38.2 Å². The van der Waals surface area contributed by atoms with Crippen molar-refractivity contribution in [2.45, 2.75) is 32.2 Å². The second-order valence-corrected chi connectivity index (χ2v) is 8.14. The molecule has 0 bridgehead atoms. The zero-order chi connectivity index (χ0) is 18.9. The van der Waals surface area contributed by atoms with Crippen LogP contribution in [0.15, 0.2) is 46.3 Å². The first kappa shape index (κ1) is 17.5. The van der Waals surface area contributed by atoms with Gasteiger partial charge in [0, 0.05) is 18.5 Å². The number of rotatable bonds is 4. The van der Waals surface area contributed by atoms with E-state index < -0.39 is 0 Å². The highest BCUT2D eigenvalue weighted by Crippen LogP contribution is 2.31. The van der Waals surface area contributed by atoms with Gasteiger partial charge in [0.25, 0.3) is 5.89 Å². The van der Waals surface area contributed by atoms with E-state index in [1.54, 1.807) is 0 Å². The second-order valence-electron chi connectivity index (χ2n) is 7.28. The van der Waals surface area contributed by atoms with Gasteiger partial charge in [0.1, 0.15) is 4.88 Å². The predicted molar refractivity (Wildman–Crippen MR) is 109 cm³/mol. The van der Waals surface area contributed by atoms with E-state index >= 15 is 0 Å². The number of benzene rings is 1. The molecule has 5 rings (SSSR count). The summed E-state index contributed by atoms with van der Waals surface area (Å²) in [4.78, 5) is 12.5. The highest BCUT2D eigenvalue weighted by Gasteiger charge is 2.27. The van der Waals surface area contributed by atoms with Crippen LogP contribution in [0.1, 0.15) is 36.0 Å². The van der Waals surface area contributed by atoms with Crippen LogP contribution in [0.5, 0.6) is 0 Å². The normalized spacial score (nSPS) is 18.0. The highest BCUT2D eigenvalue weighted by atomic mass is 32.1. The maximum Gasteiger partial charge on any atom is 0.259 e. The number of piperidine rings is 1. The third-order valence-electron chi connectivity index (χ3n) is 5.28. The van der Waals surface area contributed by atoms with E-state index in [0.717, 1.165) is 60.1 Å². The smallest absolute Gasteiger partial charge is 0.259 e. The van der Waals surface area contributed by atoms with E-state index in [1.165, 1.54) is 16.7 Å². The summed E-state index contributed by atoms with van der Waals surface area (Å²) in [6.45, 7) is 4.79. The summed E-state index contributed by atoms with van der Waals surface area (Å²) < 4.78 is 6.01. The molecule has 7 heteroatoms. The largest absolute Gasteiger partial charge is 0.419 e. The maximum atomic E-state index is 6.01. The lowest BCUT2D eigenvalue weighted by atomic mass is 9.98. The molecule has 1 saturated heterocycles. The first-order valence-electron chi connectivity index (χ1n) is 9.57. The van der Waals surface area contributed by atoms with Crippen molar-refractivity contribution in [3.63, 3.8) is 0 Å². The molecule has 1 aromatic carbocycles. The Hall–Kier alpha value is -2.64. The second kappa shape index (κ2) is 7.41. The van der Waals surface area contributed by atoms with Crippen LogP contribution in [-0.2, 0) is 6.54 Å². The lowest BCUT2D eigenvalue weighted by molar-refractivity contribution is 0.185. The molecule has 0 amide bonds. The quantitative estimate of drug-likeness (QED) is 0.513. The minimum Gasteiger partial charge on any atom is -0.419 e. The molecule has 0 aliphatic carbocycles. The van der Waals surface area contributed by atoms with Crippen LogP contribution >= 0.6 is 11.3 Å². The van der Waals surface area contributed by atoms with Crippen LogP contribution in [0.3, 0.4) is 0 Å². The van der Waals surface area contributed by atoms with E-state index in [9.17, 15) is 0 Å². The Morgan fingerprint density at radius 1 is 1.18 bits per heavy atom. The number of likely N-dealkylation sites (tertiary alicyclic amines) is 1. The molecule has 4 heterocycles. The third-order valence-corrected chi connectivity index (χ3v) is 6.19. The van der Waals surface area contributed by atoms with Gasteiger partial charge < -0.3 is 4.42 Å². The third kappa shape index (κ3) is 3.43. The molecule has 0 N–H and O–H groups in total. The summed E-state index contributed by atoms with van der Waals surface area (Å²) in [5.74, 6) is 1.59. The predicted octanol–water partition coefficient (Wildman–Crippen LogP) is 4.43. The highest BCUT2D eigenvalue weighted by molar-refractivity contribution is 7.13. The summed E-state index contributed by atoms with van der Waals surface area (Å²) in [5.41, 5.74) is 4.90. The average Bonchev–Trinajstić information content (AvgIpc) is 3.37. The van der Waals surface area contributed by atoms with E-state index in [4.69, 9.17) is 9.40 Å². The Bertz CT molecular complexity index is 1100. The van der Waals surface area contributed by atoms with Gasteiger partial charge in [-0.05, 0) is 38.4 Å². The monoisotopic (exact) mass is 391 g/mol. The van der Waals surface area contributed by atoms with Gasteiger partial charge in [-0.2, -0.15) is 0 Å². The van der Waals surface area contributed by atoms with Crippen LogP contribution in [0.25, 0.3) is 21.7 Å². The van der Waals surface area contributed by atoms with Gasteiger partial charge in [-0.15, -0.1) is 21.5 Å². The van der Waals surface area contributed by atoms with Crippen LogP contribution in [0.4, 0.5) is 0 Å². The van der Waals surface area contributed by atoms with Gasteiger partial charge >= 0.3 is 0 Å². The Kier molecular flexibility index (Phi) is 4.62. The van der Waals surface area contributed by atoms with E-state index in [0.29, 0.717) is 5.89 Å². The van der Waals surface area contributed by atoms with Gasteiger partial charge in [0.2, 0.25) is 5.89 Å². The summed E-state index contributed by atoms with van der Waals surface area (Å²) in [7, 11) is 0. The maximum absolute atomic E-state index is 6.01. The number of thiazole rings is 1. The topological polar surface area (TPSA) is 67.9 Å². The fourth-order valence-corrected chi connectivity index (χ4v) is 4.55. The average molecular weight is 392 g/mol. The molecule has 1 fully saturated rings. The summed E-state index contributed by atoms with van der Waals surface area (Å²) in [6.07, 6.45) is 2.19. The molecule has 0 unspecified atom stereocenters. The van der Waals surface area contributed by atoms with Crippen molar-refractivity contribution < 1.29 is 4.42 Å². The number of fused-ring (bicyclic) bond motifs is 1. The van der Waals surface area contributed by atoms with Crippen LogP contribution in [0.2, 0.25) is 0 Å². The van der Waals surface area contributed by atoms with E-state index in [2.05, 4.69) is 44.3 Å². The zero-order valence-electron chi connectivity index (χ0n) is 15.7. The van der Waals surface area contributed by atoms with Crippen molar-refractivity contribution in [3.05, 3.63) is 59.2 Å². The molecule has 1 atom stereocenters. The molecule has 0 radical (unpaired) electrons. The Balaban J connectivity index is 1.31. The van der Waals surface area contributed by atoms with Crippen molar-refractivity contribution in [2.24, 2.45) is 0 Å². The van der Waals surface area contributed by atoms with Crippen molar-refractivity contribution in [2.75, 3.05) is 13.1 Å². The molecule has 0 spiro atoms. The standard InChI is InChI=1S/C21H21N5OS/c1-14-19(28-13-22-14)21-25-24-20(27-21)16-6-4-10-26(11-16)12-17-9-8-15-5-2-3-7-18(15)23-17/h2-3,5,7-9,13,16H,4,6,10-12H2,1H3/t16-/m0/s1. The van der Waals surface area contributed by atoms with Gasteiger partial charge in [0.15, 0.2) is 0 Å². The fraction of sp³-hybridized carbons (Fsp3) is 0.333. The molecular formula is C21H21N5OS. The SMILES string of the molecule is Cc1ncsc1-c1nnc([C@H]2CCCN(Cc3ccc4ccccc4n3)C2)o1. The first-order chi connectivity index (χ1) is 13.8. The molecule has 28 heavy (non-hydrogen) atoms. The number of nitrogens with zero attached hydrogens (tertiary/aromatic N) is 5. The Labute approximate surface area is 167 Å². The van der Waals surface area contributed by atoms with Crippen molar-refractivity contribution in [1.82, 2.24) is 25.1 Å². The molecule has 0 saturated carbocycles. The van der Waals surface area contributed by atoms with Gasteiger partial charge in [0.05, 0.1) is 28.3 Å². The van der Waals surface area contributed by atoms with E-state index in [-0.39, 0.29) is 5.92 Å². The molecule has 142 valence electrons. The number of pyridine rings is 1. The summed E-state index contributed by atoms with van der Waals surface area (Å²) in [6, 6.07) is 12.5. The minimum atomic E-state index is 0.267. The lowest BCUT2D eigenvalue weighted by Crippen LogP contribution is -2.34. The van der Waals surface area contributed by atoms with Gasteiger partial charge in [-0.25, -0.2) is 4.98 Å². The molecule has 4 aromatic rings. The molecule has 3 aromatic heterocycles. The number of hydrogen-bond acceptors (Lipinski definition) is 7. The summed E-state index contributed by atoms with van der Waals surface area (Å²) >= 11 is 1.54. The number of para-hydroxylation sites is 1. The molecule has 6 nitrogen and oxygen atoms in total. The van der Waals surface area contributed by atoms with Crippen LogP contribution in [0, 0.1) is 6.92 Å². The lowest BCUT2D eigenvalue weighted by Gasteiger charge is -2.30. The van der Waals surface area contributed by atoms with E-state index in [1.807, 2.05) is 24.6 Å². The zero-order valence-corrected chi connectivity index (χ0v) is 16.5.